The average Bonchev–Trinajstić information content (AvgIpc) is 3.43. The first-order chi connectivity index (χ1) is 21.8. The standard InChI is InChI=1S/C39H53NO5/c1-6-7-8-13-27-14-10-15-28(20-27)21-29-22-31-34-25(3)37(38-36(43-5)26(4)39(42)45-38)44-33(34)17-11-18-40(31)32(23-29)35(41)30-16-9-12-24(2)19-30/h9-10,14-17,20,24-25,29-32,34-35,41H,6-8,11-13,18-19,21-23H2,1-5H3/t24-,25+,29+,30+,31-,32+,34+,35+/m1/s1. The number of unbranched alkanes of at least 4 members (excludes halogenated alkanes) is 2. The molecule has 1 aromatic carbocycles. The Hall–Kier alpha value is -2.83. The Morgan fingerprint density at radius 1 is 1.11 bits per heavy atom. The number of allylic oxidation sites excluding steroid dienone is 2. The highest BCUT2D eigenvalue weighted by molar-refractivity contribution is 5.93. The number of carbonyl (C=O) groups excluding carboxylic acids is 1. The molecule has 5 aliphatic rings. The molecule has 4 heterocycles. The fraction of sp³-hybridized carbons (Fsp3) is 0.615. The van der Waals surface area contributed by atoms with Crippen molar-refractivity contribution in [3.63, 3.8) is 0 Å². The second-order valence-electron chi connectivity index (χ2n) is 14.4. The van der Waals surface area contributed by atoms with Crippen LogP contribution in [0.25, 0.3) is 0 Å². The molecule has 45 heavy (non-hydrogen) atoms. The van der Waals surface area contributed by atoms with E-state index in [1.165, 1.54) is 30.4 Å². The molecule has 0 radical (unpaired) electrons. The maximum absolute atomic E-state index is 12.5. The van der Waals surface area contributed by atoms with Crippen LogP contribution in [-0.2, 0) is 31.8 Å². The van der Waals surface area contributed by atoms with Crippen LogP contribution in [0.15, 0.2) is 71.1 Å². The molecular formula is C39H53NO5. The van der Waals surface area contributed by atoms with Crippen molar-refractivity contribution in [3.05, 3.63) is 82.2 Å². The number of methoxy groups -OCH3 is 1. The number of benzene rings is 1. The Bertz CT molecular complexity index is 1370. The maximum Gasteiger partial charge on any atom is 0.343 e. The van der Waals surface area contributed by atoms with Crippen molar-refractivity contribution in [2.24, 2.45) is 29.6 Å². The van der Waals surface area contributed by atoms with Crippen LogP contribution >= 0.6 is 0 Å². The monoisotopic (exact) mass is 615 g/mol. The highest BCUT2D eigenvalue weighted by Crippen LogP contribution is 2.51. The van der Waals surface area contributed by atoms with E-state index in [0.29, 0.717) is 34.7 Å². The molecule has 0 saturated carbocycles. The predicted octanol–water partition coefficient (Wildman–Crippen LogP) is 7.63. The second-order valence-corrected chi connectivity index (χ2v) is 14.4. The summed E-state index contributed by atoms with van der Waals surface area (Å²) in [6.45, 7) is 9.42. The third-order valence-corrected chi connectivity index (χ3v) is 11.1. The predicted molar refractivity (Wildman–Crippen MR) is 177 cm³/mol. The number of piperidine rings is 1. The van der Waals surface area contributed by atoms with E-state index in [0.717, 1.165) is 57.2 Å². The van der Waals surface area contributed by atoms with Crippen LogP contribution < -0.4 is 0 Å². The molecule has 1 N–H and O–H groups in total. The first-order valence-corrected chi connectivity index (χ1v) is 17.6. The molecule has 0 spiro atoms. The quantitative estimate of drug-likeness (QED) is 0.175. The lowest BCUT2D eigenvalue weighted by Crippen LogP contribution is -2.58. The van der Waals surface area contributed by atoms with Gasteiger partial charge >= 0.3 is 5.97 Å². The largest absolute Gasteiger partial charge is 0.492 e. The van der Waals surface area contributed by atoms with Gasteiger partial charge in [-0.25, -0.2) is 4.79 Å². The van der Waals surface area contributed by atoms with Gasteiger partial charge in [0.05, 0.1) is 18.8 Å². The molecule has 2 fully saturated rings. The Morgan fingerprint density at radius 3 is 2.71 bits per heavy atom. The average molecular weight is 616 g/mol. The van der Waals surface area contributed by atoms with Crippen LogP contribution in [0.3, 0.4) is 0 Å². The summed E-state index contributed by atoms with van der Waals surface area (Å²) < 4.78 is 18.0. The van der Waals surface area contributed by atoms with Gasteiger partial charge in [0.25, 0.3) is 0 Å². The fourth-order valence-corrected chi connectivity index (χ4v) is 8.86. The maximum atomic E-state index is 12.5. The van der Waals surface area contributed by atoms with Gasteiger partial charge in [0.15, 0.2) is 11.5 Å². The van der Waals surface area contributed by atoms with E-state index < -0.39 is 6.10 Å². The minimum Gasteiger partial charge on any atom is -0.492 e. The second kappa shape index (κ2) is 13.9. The molecule has 6 nitrogen and oxygen atoms in total. The highest BCUT2D eigenvalue weighted by Gasteiger charge is 2.52. The number of cyclic esters (lactones) is 1. The molecule has 1 aromatic rings. The number of ether oxygens (including phenoxy) is 3. The molecule has 2 saturated heterocycles. The summed E-state index contributed by atoms with van der Waals surface area (Å²) in [5, 5.41) is 12.1. The number of esters is 1. The fourth-order valence-electron chi connectivity index (χ4n) is 8.86. The molecule has 6 rings (SSSR count). The van der Waals surface area contributed by atoms with Gasteiger partial charge in [-0.2, -0.15) is 0 Å². The Labute approximate surface area is 270 Å². The zero-order valence-corrected chi connectivity index (χ0v) is 28.0. The number of carbonyl (C=O) groups is 1. The summed E-state index contributed by atoms with van der Waals surface area (Å²) in [7, 11) is 1.58. The summed E-state index contributed by atoms with van der Waals surface area (Å²) in [4.78, 5) is 15.1. The number of aliphatic hydroxyl groups is 1. The van der Waals surface area contributed by atoms with Crippen LogP contribution in [-0.4, -0.2) is 47.8 Å². The molecular weight excluding hydrogens is 562 g/mol. The number of fused-ring (bicyclic) bond motifs is 3. The van der Waals surface area contributed by atoms with E-state index in [-0.39, 0.29) is 35.8 Å². The lowest BCUT2D eigenvalue weighted by molar-refractivity contribution is -0.133. The number of rotatable bonds is 9. The van der Waals surface area contributed by atoms with Gasteiger partial charge < -0.3 is 19.3 Å². The van der Waals surface area contributed by atoms with Crippen molar-refractivity contribution in [2.45, 2.75) is 110 Å². The molecule has 1 aliphatic carbocycles. The zero-order chi connectivity index (χ0) is 31.7. The van der Waals surface area contributed by atoms with Crippen molar-refractivity contribution < 1.29 is 24.1 Å². The topological polar surface area (TPSA) is 68.2 Å². The lowest BCUT2D eigenvalue weighted by Gasteiger charge is -2.50. The van der Waals surface area contributed by atoms with E-state index in [2.05, 4.69) is 68.2 Å². The Balaban J connectivity index is 1.32. The van der Waals surface area contributed by atoms with Gasteiger partial charge in [-0.15, -0.1) is 0 Å². The Kier molecular flexibility index (Phi) is 9.91. The van der Waals surface area contributed by atoms with Crippen molar-refractivity contribution >= 4 is 5.97 Å². The minimum atomic E-state index is -0.409. The van der Waals surface area contributed by atoms with Crippen LogP contribution in [0.5, 0.6) is 0 Å². The number of hydrogen-bond donors (Lipinski definition) is 1. The van der Waals surface area contributed by atoms with E-state index in [9.17, 15) is 9.90 Å². The van der Waals surface area contributed by atoms with Crippen LogP contribution in [0.2, 0.25) is 0 Å². The van der Waals surface area contributed by atoms with E-state index >= 15 is 0 Å². The van der Waals surface area contributed by atoms with Gasteiger partial charge in [-0.1, -0.05) is 70.0 Å². The smallest absolute Gasteiger partial charge is 0.343 e. The number of aryl methyl sites for hydroxylation is 1. The van der Waals surface area contributed by atoms with Crippen LogP contribution in [0.4, 0.5) is 0 Å². The molecule has 0 aromatic heterocycles. The molecule has 0 bridgehead atoms. The molecule has 4 aliphatic heterocycles. The van der Waals surface area contributed by atoms with Gasteiger partial charge in [-0.3, -0.25) is 4.90 Å². The molecule has 244 valence electrons. The summed E-state index contributed by atoms with van der Waals surface area (Å²) >= 11 is 0. The molecule has 0 unspecified atom stereocenters. The normalized spacial score (nSPS) is 34.0. The molecule has 6 heteroatoms. The number of hydrogen-bond acceptors (Lipinski definition) is 6. The Morgan fingerprint density at radius 2 is 1.93 bits per heavy atom. The minimum absolute atomic E-state index is 0.00809. The number of aliphatic hydroxyl groups excluding tert-OH is 1. The third kappa shape index (κ3) is 6.55. The van der Waals surface area contributed by atoms with E-state index in [4.69, 9.17) is 14.2 Å². The van der Waals surface area contributed by atoms with Gasteiger partial charge in [-0.05, 0) is 87.3 Å². The van der Waals surface area contributed by atoms with Crippen molar-refractivity contribution in [3.8, 4) is 0 Å². The van der Waals surface area contributed by atoms with Crippen LogP contribution in [0, 0.1) is 29.6 Å². The van der Waals surface area contributed by atoms with E-state index in [1.807, 2.05) is 0 Å². The zero-order valence-electron chi connectivity index (χ0n) is 28.0. The lowest BCUT2D eigenvalue weighted by atomic mass is 9.71. The van der Waals surface area contributed by atoms with Gasteiger partial charge in [0, 0.05) is 36.4 Å². The van der Waals surface area contributed by atoms with Crippen molar-refractivity contribution in [1.29, 1.82) is 0 Å². The molecule has 0 amide bonds. The summed E-state index contributed by atoms with van der Waals surface area (Å²) in [6.07, 6.45) is 17.4. The first kappa shape index (κ1) is 32.1. The molecule has 8 atom stereocenters. The highest BCUT2D eigenvalue weighted by atomic mass is 16.6. The van der Waals surface area contributed by atoms with Gasteiger partial charge in [0.2, 0.25) is 5.76 Å². The SMILES string of the molecule is CCCCCc1cccc(C[C@H]2C[C@@H]3[C@H]4C(=CCCN3[C@H]([C@@H](O)[C@H]3C=CC[C@@H](C)C3)C2)OC(=C2OC(=O)C(C)=C2OC)[C@H]4C)c1. The number of nitrogens with zero attached hydrogens (tertiary/aromatic N) is 1. The summed E-state index contributed by atoms with van der Waals surface area (Å²) in [5.74, 6) is 3.55. The summed E-state index contributed by atoms with van der Waals surface area (Å²) in [6, 6.07) is 9.53. The third-order valence-electron chi connectivity index (χ3n) is 11.1. The van der Waals surface area contributed by atoms with Crippen LogP contribution in [0.1, 0.15) is 90.2 Å². The summed E-state index contributed by atoms with van der Waals surface area (Å²) in [5.41, 5.74) is 3.33. The first-order valence-electron chi connectivity index (χ1n) is 17.6. The van der Waals surface area contributed by atoms with Crippen molar-refractivity contribution in [2.75, 3.05) is 13.7 Å². The van der Waals surface area contributed by atoms with Gasteiger partial charge in [0.1, 0.15) is 5.76 Å². The van der Waals surface area contributed by atoms with Crippen molar-refractivity contribution in [1.82, 2.24) is 4.90 Å². The van der Waals surface area contributed by atoms with E-state index in [1.54, 1.807) is 14.0 Å².